The van der Waals surface area contributed by atoms with Gasteiger partial charge in [0.2, 0.25) is 11.8 Å². The molecule has 0 unspecified atom stereocenters. The summed E-state index contributed by atoms with van der Waals surface area (Å²) in [5, 5.41) is 0. The Kier molecular flexibility index (Phi) is 2.49. The lowest BCUT2D eigenvalue weighted by Gasteiger charge is -2.19. The summed E-state index contributed by atoms with van der Waals surface area (Å²) in [4.78, 5) is 27.0. The first-order chi connectivity index (χ1) is 10.1. The van der Waals surface area contributed by atoms with E-state index in [0.717, 1.165) is 0 Å². The lowest BCUT2D eigenvalue weighted by molar-refractivity contribution is -0.122. The number of allylic oxidation sites excluding steroid dienone is 4. The maximum absolute atomic E-state index is 12.8. The van der Waals surface area contributed by atoms with Crippen molar-refractivity contribution in [2.75, 3.05) is 4.90 Å². The largest absolute Gasteiger partial charge is 0.274 e. The number of amides is 2. The van der Waals surface area contributed by atoms with Crippen LogP contribution in [0.4, 0.5) is 5.69 Å². The van der Waals surface area contributed by atoms with E-state index in [9.17, 15) is 9.59 Å². The van der Waals surface area contributed by atoms with E-state index in [-0.39, 0.29) is 35.5 Å². The lowest BCUT2D eigenvalue weighted by atomic mass is 9.85. The van der Waals surface area contributed by atoms with Crippen molar-refractivity contribution in [1.29, 1.82) is 0 Å². The van der Waals surface area contributed by atoms with Crippen LogP contribution in [0.2, 0.25) is 0 Å². The Labute approximate surface area is 123 Å². The minimum absolute atomic E-state index is 0.0354. The molecule has 2 amide bonds. The lowest BCUT2D eigenvalue weighted by Crippen LogP contribution is -2.33. The van der Waals surface area contributed by atoms with Crippen molar-refractivity contribution in [2.24, 2.45) is 23.7 Å². The van der Waals surface area contributed by atoms with Crippen molar-refractivity contribution < 1.29 is 9.59 Å². The third kappa shape index (κ3) is 1.49. The zero-order chi connectivity index (χ0) is 14.7. The van der Waals surface area contributed by atoms with Gasteiger partial charge in [-0.2, -0.15) is 0 Å². The summed E-state index contributed by atoms with van der Waals surface area (Å²) in [5.41, 5.74) is 3.23. The molecule has 0 radical (unpaired) electrons. The first-order valence-electron chi connectivity index (χ1n) is 7.39. The summed E-state index contributed by atoms with van der Waals surface area (Å²) >= 11 is 0. The minimum atomic E-state index is -0.197. The van der Waals surface area contributed by atoms with Crippen LogP contribution in [0.1, 0.15) is 13.8 Å². The Bertz CT molecular complexity index is 663. The molecular weight excluding hydrogens is 262 g/mol. The van der Waals surface area contributed by atoms with Gasteiger partial charge in [-0.05, 0) is 26.0 Å². The summed E-state index contributed by atoms with van der Waals surface area (Å²) in [5.74, 6) is -0.223. The van der Waals surface area contributed by atoms with Crippen LogP contribution >= 0.6 is 0 Å². The summed E-state index contributed by atoms with van der Waals surface area (Å²) in [6, 6.07) is 9.26. The van der Waals surface area contributed by atoms with Gasteiger partial charge in [0.1, 0.15) is 0 Å². The number of nitrogens with zero attached hydrogens (tertiary/aromatic N) is 1. The fourth-order valence-electron chi connectivity index (χ4n) is 4.26. The van der Waals surface area contributed by atoms with Crippen LogP contribution in [0.3, 0.4) is 0 Å². The van der Waals surface area contributed by atoms with Crippen LogP contribution in [-0.2, 0) is 9.59 Å². The molecule has 106 valence electrons. The minimum Gasteiger partial charge on any atom is -0.274 e. The second-order valence-electron chi connectivity index (χ2n) is 6.29. The Morgan fingerprint density at radius 2 is 1.43 bits per heavy atom. The summed E-state index contributed by atoms with van der Waals surface area (Å²) in [6.07, 6.45) is 4.24. The molecule has 1 aromatic rings. The summed E-state index contributed by atoms with van der Waals surface area (Å²) in [6.45, 7) is 4.15. The van der Waals surface area contributed by atoms with Crippen molar-refractivity contribution in [3.05, 3.63) is 53.6 Å². The van der Waals surface area contributed by atoms with Crippen molar-refractivity contribution in [2.45, 2.75) is 13.8 Å². The van der Waals surface area contributed by atoms with Gasteiger partial charge in [0.15, 0.2) is 0 Å². The topological polar surface area (TPSA) is 37.4 Å². The first kappa shape index (κ1) is 12.6. The van der Waals surface area contributed by atoms with Gasteiger partial charge in [-0.1, -0.05) is 41.5 Å². The maximum atomic E-state index is 12.8. The number of benzene rings is 1. The third-order valence-electron chi connectivity index (χ3n) is 5.01. The van der Waals surface area contributed by atoms with E-state index >= 15 is 0 Å². The average molecular weight is 279 g/mol. The zero-order valence-corrected chi connectivity index (χ0v) is 12.1. The van der Waals surface area contributed by atoms with Gasteiger partial charge in [-0.3, -0.25) is 9.59 Å². The molecule has 2 bridgehead atoms. The Morgan fingerprint density at radius 1 is 0.905 bits per heavy atom. The van der Waals surface area contributed by atoms with Gasteiger partial charge < -0.3 is 0 Å². The molecule has 1 saturated heterocycles. The molecular formula is C18H17NO2. The molecule has 4 atom stereocenters. The number of imide groups is 1. The highest BCUT2D eigenvalue weighted by molar-refractivity contribution is 6.23. The molecule has 0 aromatic heterocycles. The molecule has 1 saturated carbocycles. The predicted octanol–water partition coefficient (Wildman–Crippen LogP) is 2.94. The number of hydrogen-bond acceptors (Lipinski definition) is 2. The second-order valence-corrected chi connectivity index (χ2v) is 6.29. The number of anilines is 1. The van der Waals surface area contributed by atoms with E-state index in [1.165, 1.54) is 16.0 Å². The van der Waals surface area contributed by atoms with Crippen molar-refractivity contribution in [1.82, 2.24) is 0 Å². The van der Waals surface area contributed by atoms with Crippen LogP contribution in [-0.4, -0.2) is 11.8 Å². The third-order valence-corrected chi connectivity index (χ3v) is 5.01. The fraction of sp³-hybridized carbons (Fsp3) is 0.333. The van der Waals surface area contributed by atoms with Crippen LogP contribution in [0.25, 0.3) is 0 Å². The van der Waals surface area contributed by atoms with Gasteiger partial charge in [0.05, 0.1) is 17.5 Å². The molecule has 3 heteroatoms. The second kappa shape index (κ2) is 4.17. The standard InChI is InChI=1S/C18H17NO2/c1-10(2)14-12-8-9-13(14)16-15(12)17(20)19(18(16)21)11-6-4-3-5-7-11/h3-9,12-13,15-16H,1-2H3/t12-,13-,15-,16-/m1/s1. The van der Waals surface area contributed by atoms with Crippen molar-refractivity contribution in [3.63, 3.8) is 0 Å². The Hall–Kier alpha value is -2.16. The maximum Gasteiger partial charge on any atom is 0.238 e. The van der Waals surface area contributed by atoms with E-state index in [1.54, 1.807) is 0 Å². The quantitative estimate of drug-likeness (QED) is 0.585. The molecule has 1 aromatic carbocycles. The van der Waals surface area contributed by atoms with Crippen LogP contribution in [0.15, 0.2) is 53.6 Å². The number of fused-ring (bicyclic) bond motifs is 5. The fourth-order valence-corrected chi connectivity index (χ4v) is 4.26. The summed E-state index contributed by atoms with van der Waals surface area (Å²) < 4.78 is 0. The molecule has 2 fully saturated rings. The highest BCUT2D eigenvalue weighted by Gasteiger charge is 2.61. The molecule has 21 heavy (non-hydrogen) atoms. The van der Waals surface area contributed by atoms with Crippen molar-refractivity contribution >= 4 is 17.5 Å². The number of carbonyl (C=O) groups excluding carboxylic acids is 2. The van der Waals surface area contributed by atoms with Gasteiger partial charge in [0.25, 0.3) is 0 Å². The monoisotopic (exact) mass is 279 g/mol. The van der Waals surface area contributed by atoms with Gasteiger partial charge in [0, 0.05) is 11.8 Å². The Morgan fingerprint density at radius 3 is 1.90 bits per heavy atom. The van der Waals surface area contributed by atoms with Crippen LogP contribution < -0.4 is 4.90 Å². The zero-order valence-electron chi connectivity index (χ0n) is 12.1. The van der Waals surface area contributed by atoms with Crippen molar-refractivity contribution in [3.8, 4) is 0 Å². The molecule has 3 aliphatic rings. The van der Waals surface area contributed by atoms with E-state index in [1.807, 2.05) is 30.3 Å². The molecule has 0 N–H and O–H groups in total. The van der Waals surface area contributed by atoms with E-state index in [4.69, 9.17) is 0 Å². The van der Waals surface area contributed by atoms with Crippen LogP contribution in [0.5, 0.6) is 0 Å². The number of para-hydroxylation sites is 1. The van der Waals surface area contributed by atoms with Crippen LogP contribution in [0, 0.1) is 23.7 Å². The summed E-state index contributed by atoms with van der Waals surface area (Å²) in [7, 11) is 0. The molecule has 0 spiro atoms. The smallest absolute Gasteiger partial charge is 0.238 e. The molecule has 3 nitrogen and oxygen atoms in total. The average Bonchev–Trinajstić information content (AvgIpc) is 3.10. The van der Waals surface area contributed by atoms with E-state index in [2.05, 4.69) is 26.0 Å². The number of carbonyl (C=O) groups is 2. The molecule has 1 heterocycles. The Balaban J connectivity index is 1.79. The predicted molar refractivity (Wildman–Crippen MR) is 80.4 cm³/mol. The number of rotatable bonds is 1. The molecule has 4 rings (SSSR count). The van der Waals surface area contributed by atoms with Gasteiger partial charge in [-0.15, -0.1) is 0 Å². The van der Waals surface area contributed by atoms with Gasteiger partial charge in [-0.25, -0.2) is 4.90 Å². The SMILES string of the molecule is CC(C)=C1[C@H]2C=C[C@H]1[C@H]1C(=O)N(c3ccccc3)C(=O)[C@@H]12. The molecule has 1 aliphatic heterocycles. The highest BCUT2D eigenvalue weighted by Crippen LogP contribution is 2.57. The highest BCUT2D eigenvalue weighted by atomic mass is 16.2. The number of hydrogen-bond donors (Lipinski definition) is 0. The van der Waals surface area contributed by atoms with E-state index < -0.39 is 0 Å². The first-order valence-corrected chi connectivity index (χ1v) is 7.39. The molecule has 2 aliphatic carbocycles. The van der Waals surface area contributed by atoms with E-state index in [0.29, 0.717) is 5.69 Å². The normalized spacial score (nSPS) is 33.0. The van der Waals surface area contributed by atoms with Gasteiger partial charge >= 0.3 is 0 Å².